The molecule has 4 saturated carbocycles. The van der Waals surface area contributed by atoms with Crippen molar-refractivity contribution >= 4 is 17.7 Å². The van der Waals surface area contributed by atoms with Gasteiger partial charge in [-0.3, -0.25) is 14.4 Å². The minimum Gasteiger partial charge on any atom is -0.462 e. The van der Waals surface area contributed by atoms with Gasteiger partial charge in [0.25, 0.3) is 0 Å². The Morgan fingerprint density at radius 2 is 1.82 bits per heavy atom. The lowest BCUT2D eigenvalue weighted by Gasteiger charge is -2.73. The minimum atomic E-state index is -1.31. The first-order valence-corrected chi connectivity index (χ1v) is 11.9. The zero-order valence-electron chi connectivity index (χ0n) is 20.0. The second-order valence-corrected chi connectivity index (χ2v) is 11.3. The molecule has 2 spiro atoms. The van der Waals surface area contributed by atoms with Crippen LogP contribution in [-0.4, -0.2) is 60.6 Å². The first-order valence-electron chi connectivity index (χ1n) is 11.9. The fraction of sp³-hybridized carbons (Fsp3) is 0.800. The predicted octanol–water partition coefficient (Wildman–Crippen LogP) is 2.17. The average Bonchev–Trinajstić information content (AvgIpc) is 2.85. The van der Waals surface area contributed by atoms with Gasteiger partial charge in [0, 0.05) is 32.8 Å². The number of ether oxygens (including phenoxy) is 4. The van der Waals surface area contributed by atoms with E-state index in [2.05, 4.69) is 20.4 Å². The Morgan fingerprint density at radius 3 is 2.42 bits per heavy atom. The number of carbonyl (C=O) groups excluding carboxylic acids is 3. The lowest BCUT2D eigenvalue weighted by Crippen LogP contribution is -2.81. The van der Waals surface area contributed by atoms with Crippen molar-refractivity contribution in [1.82, 2.24) is 0 Å². The van der Waals surface area contributed by atoms with Crippen LogP contribution in [0.2, 0.25) is 0 Å². The molecule has 4 aliphatic carbocycles. The summed E-state index contributed by atoms with van der Waals surface area (Å²) in [5, 5.41) is 11.6. The summed E-state index contributed by atoms with van der Waals surface area (Å²) in [6, 6.07) is 0. The molecule has 6 aliphatic rings. The number of rotatable bonds is 3. The number of ketones is 1. The molecule has 2 heterocycles. The molecule has 2 aliphatic heterocycles. The molecule has 0 aromatic rings. The molecule has 0 radical (unpaired) electrons. The van der Waals surface area contributed by atoms with Crippen LogP contribution in [0.3, 0.4) is 0 Å². The standard InChI is InChI=1S/C25H34O8/c1-11-14-9-15(31-12(2)26)19-24-16(23(4,5)8-7-17(24)32-13(3)27)10-18(33-22(24)30-6)25(19,20(11)28)21(14)29/h14-19,21-22,29H,1,7-10H2,2-6H3/t14-,15-,16+,17+,18-,19-,21+,22+,24+,25?/m0/s1. The van der Waals surface area contributed by atoms with Gasteiger partial charge in [0.15, 0.2) is 12.1 Å². The fourth-order valence-corrected chi connectivity index (χ4v) is 8.69. The van der Waals surface area contributed by atoms with E-state index in [1.165, 1.54) is 13.8 Å². The molecule has 182 valence electrons. The fourth-order valence-electron chi connectivity index (χ4n) is 8.69. The Kier molecular flexibility index (Phi) is 4.96. The lowest BCUT2D eigenvalue weighted by molar-refractivity contribution is -0.415. The summed E-state index contributed by atoms with van der Waals surface area (Å²) in [6.07, 6.45) is -1.45. The van der Waals surface area contributed by atoms with Crippen molar-refractivity contribution in [3.63, 3.8) is 0 Å². The van der Waals surface area contributed by atoms with Crippen LogP contribution in [0.15, 0.2) is 12.2 Å². The molecule has 6 fully saturated rings. The van der Waals surface area contributed by atoms with Gasteiger partial charge in [0.1, 0.15) is 12.2 Å². The van der Waals surface area contributed by atoms with Gasteiger partial charge in [-0.05, 0) is 42.6 Å². The maximum Gasteiger partial charge on any atom is 0.302 e. The number of hydrogen-bond donors (Lipinski definition) is 1. The first kappa shape index (κ1) is 23.0. The molecule has 0 aromatic carbocycles. The van der Waals surface area contributed by atoms with Crippen LogP contribution in [0.5, 0.6) is 0 Å². The quantitative estimate of drug-likeness (QED) is 0.502. The van der Waals surface area contributed by atoms with E-state index in [1.54, 1.807) is 7.11 Å². The van der Waals surface area contributed by atoms with Crippen LogP contribution in [0, 0.1) is 34.0 Å². The van der Waals surface area contributed by atoms with Crippen molar-refractivity contribution in [3.8, 4) is 0 Å². The van der Waals surface area contributed by atoms with E-state index in [-0.39, 0.29) is 17.1 Å². The number of fused-ring (bicyclic) bond motifs is 2. The second kappa shape index (κ2) is 7.12. The molecule has 2 saturated heterocycles. The SMILES string of the molecule is C=C1C(=O)C23[C@@H]4C[C@@H]5C(C)(C)CC[C@@H](OC(C)=O)[C@@]5([C@H](OC)O4)[C@@H]2[C@@H](OC(C)=O)C[C@@H]1[C@H]3O. The van der Waals surface area contributed by atoms with E-state index in [4.69, 9.17) is 18.9 Å². The van der Waals surface area contributed by atoms with Gasteiger partial charge in [-0.2, -0.15) is 0 Å². The number of hydrogen-bond acceptors (Lipinski definition) is 8. The number of carbonyl (C=O) groups is 3. The van der Waals surface area contributed by atoms with Crippen molar-refractivity contribution in [2.75, 3.05) is 7.11 Å². The molecule has 1 unspecified atom stereocenters. The summed E-state index contributed by atoms with van der Waals surface area (Å²) in [4.78, 5) is 38.4. The second-order valence-electron chi connectivity index (χ2n) is 11.3. The Morgan fingerprint density at radius 1 is 1.15 bits per heavy atom. The highest BCUT2D eigenvalue weighted by atomic mass is 16.7. The molecule has 8 nitrogen and oxygen atoms in total. The van der Waals surface area contributed by atoms with Gasteiger partial charge in [-0.25, -0.2) is 0 Å². The zero-order chi connectivity index (χ0) is 24.1. The Balaban J connectivity index is 1.80. The van der Waals surface area contributed by atoms with Crippen LogP contribution >= 0.6 is 0 Å². The van der Waals surface area contributed by atoms with Gasteiger partial charge in [0.05, 0.1) is 23.0 Å². The van der Waals surface area contributed by atoms with Gasteiger partial charge in [-0.1, -0.05) is 20.4 Å². The van der Waals surface area contributed by atoms with E-state index < -0.39 is 65.3 Å². The summed E-state index contributed by atoms with van der Waals surface area (Å²) in [7, 11) is 1.55. The number of Topliss-reactive ketones (excluding diaryl/α,β-unsaturated/α-hetero) is 1. The van der Waals surface area contributed by atoms with Crippen molar-refractivity contribution in [2.24, 2.45) is 34.0 Å². The highest BCUT2D eigenvalue weighted by Gasteiger charge is 2.84. The van der Waals surface area contributed by atoms with Crippen LogP contribution in [0.4, 0.5) is 0 Å². The molecule has 6 rings (SSSR count). The number of aliphatic hydroxyl groups excluding tert-OH is 1. The van der Waals surface area contributed by atoms with Gasteiger partial charge in [0.2, 0.25) is 0 Å². The molecule has 0 aromatic heterocycles. The topological polar surface area (TPSA) is 108 Å². The van der Waals surface area contributed by atoms with Gasteiger partial charge >= 0.3 is 11.9 Å². The molecule has 10 atom stereocenters. The molecule has 0 amide bonds. The van der Waals surface area contributed by atoms with Crippen LogP contribution < -0.4 is 0 Å². The molecule has 33 heavy (non-hydrogen) atoms. The van der Waals surface area contributed by atoms with E-state index in [0.717, 1.165) is 6.42 Å². The Labute approximate surface area is 194 Å². The van der Waals surface area contributed by atoms with Gasteiger partial charge < -0.3 is 24.1 Å². The van der Waals surface area contributed by atoms with Crippen molar-refractivity contribution < 1.29 is 38.4 Å². The summed E-state index contributed by atoms with van der Waals surface area (Å²) >= 11 is 0. The number of esters is 2. The van der Waals surface area contributed by atoms with E-state index in [0.29, 0.717) is 24.8 Å². The summed E-state index contributed by atoms with van der Waals surface area (Å²) in [6.45, 7) is 11.1. The van der Waals surface area contributed by atoms with Crippen molar-refractivity contribution in [1.29, 1.82) is 0 Å². The number of aliphatic hydroxyl groups is 1. The van der Waals surface area contributed by atoms with E-state index in [1.807, 2.05) is 0 Å². The van der Waals surface area contributed by atoms with Crippen LogP contribution in [0.1, 0.15) is 53.4 Å². The maximum atomic E-state index is 13.9. The Bertz CT molecular complexity index is 925. The maximum absolute atomic E-state index is 13.9. The molecule has 1 N–H and O–H groups in total. The van der Waals surface area contributed by atoms with E-state index in [9.17, 15) is 19.5 Å². The summed E-state index contributed by atoms with van der Waals surface area (Å²) in [5.41, 5.74) is -2.08. The summed E-state index contributed by atoms with van der Waals surface area (Å²) in [5.74, 6) is -2.26. The normalized spacial score (nSPS) is 49.3. The largest absolute Gasteiger partial charge is 0.462 e. The number of methoxy groups -OCH3 is 1. The van der Waals surface area contributed by atoms with Gasteiger partial charge in [-0.15, -0.1) is 0 Å². The molecular formula is C25H34O8. The highest BCUT2D eigenvalue weighted by Crippen LogP contribution is 2.76. The van der Waals surface area contributed by atoms with Crippen molar-refractivity contribution in [3.05, 3.63) is 12.2 Å². The van der Waals surface area contributed by atoms with Crippen LogP contribution in [-0.2, 0) is 33.3 Å². The molecule has 8 heteroatoms. The third-order valence-corrected chi connectivity index (χ3v) is 9.59. The highest BCUT2D eigenvalue weighted by molar-refractivity contribution is 6.05. The smallest absolute Gasteiger partial charge is 0.302 e. The first-order chi connectivity index (χ1) is 15.4. The lowest BCUT2D eigenvalue weighted by atomic mass is 9.36. The average molecular weight is 463 g/mol. The van der Waals surface area contributed by atoms with E-state index >= 15 is 0 Å². The molecule has 4 bridgehead atoms. The zero-order valence-corrected chi connectivity index (χ0v) is 20.0. The third-order valence-electron chi connectivity index (χ3n) is 9.59. The molecular weight excluding hydrogens is 428 g/mol. The minimum absolute atomic E-state index is 0.0362. The van der Waals surface area contributed by atoms with Crippen LogP contribution in [0.25, 0.3) is 0 Å². The monoisotopic (exact) mass is 462 g/mol. The summed E-state index contributed by atoms with van der Waals surface area (Å²) < 4.78 is 24.2. The van der Waals surface area contributed by atoms with Crippen molar-refractivity contribution in [2.45, 2.75) is 84.1 Å². The Hall–Kier alpha value is -1.77. The predicted molar refractivity (Wildman–Crippen MR) is 115 cm³/mol. The third kappa shape index (κ3) is 2.60.